The molecule has 1 heterocycles. The molecule has 0 bridgehead atoms. The summed E-state index contributed by atoms with van der Waals surface area (Å²) in [4.78, 5) is 11.7. The number of piperidine rings is 1. The van der Waals surface area contributed by atoms with Crippen molar-refractivity contribution in [1.29, 1.82) is 0 Å². The fourth-order valence-electron chi connectivity index (χ4n) is 2.34. The minimum absolute atomic E-state index is 0.220. The van der Waals surface area contributed by atoms with E-state index in [2.05, 4.69) is 17.6 Å². The fourth-order valence-corrected chi connectivity index (χ4v) is 3.40. The molecule has 1 rings (SSSR count). The van der Waals surface area contributed by atoms with E-state index in [1.807, 2.05) is 11.8 Å². The molecule has 0 radical (unpaired) electrons. The van der Waals surface area contributed by atoms with Crippen LogP contribution < -0.4 is 10.6 Å². The highest BCUT2D eigenvalue weighted by Crippen LogP contribution is 2.19. The molecule has 0 spiro atoms. The average Bonchev–Trinajstić information content (AvgIpc) is 2.45. The van der Waals surface area contributed by atoms with Crippen molar-refractivity contribution in [3.8, 4) is 0 Å². The van der Waals surface area contributed by atoms with Crippen molar-refractivity contribution in [2.75, 3.05) is 25.4 Å². The molecule has 1 aliphatic heterocycles. The van der Waals surface area contributed by atoms with Gasteiger partial charge in [-0.2, -0.15) is 0 Å². The van der Waals surface area contributed by atoms with Crippen LogP contribution in [0.4, 0.5) is 0 Å². The Bertz CT molecular complexity index is 230. The first-order valence-corrected chi connectivity index (χ1v) is 8.97. The van der Waals surface area contributed by atoms with E-state index in [4.69, 9.17) is 0 Å². The van der Waals surface area contributed by atoms with Crippen LogP contribution in [-0.4, -0.2) is 36.5 Å². The topological polar surface area (TPSA) is 41.1 Å². The number of carbonyl (C=O) groups excluding carboxylic acids is 1. The van der Waals surface area contributed by atoms with Gasteiger partial charge >= 0.3 is 0 Å². The summed E-state index contributed by atoms with van der Waals surface area (Å²) in [5.74, 6) is 0.859. The van der Waals surface area contributed by atoms with E-state index in [0.29, 0.717) is 11.0 Å². The Morgan fingerprint density at radius 1 is 1.16 bits per heavy atom. The molecule has 4 heteroatoms. The highest BCUT2D eigenvalue weighted by Gasteiger charge is 2.14. The van der Waals surface area contributed by atoms with E-state index in [1.54, 1.807) is 0 Å². The molecule has 1 amide bonds. The first-order chi connectivity index (χ1) is 9.33. The normalized spacial score (nSPS) is 16.5. The second-order valence-electron chi connectivity index (χ2n) is 5.38. The van der Waals surface area contributed by atoms with Gasteiger partial charge in [-0.1, -0.05) is 39.0 Å². The fraction of sp³-hybridized carbons (Fsp3) is 0.933. The lowest BCUT2D eigenvalue weighted by Crippen LogP contribution is -2.31. The smallest absolute Gasteiger partial charge is 0.230 e. The number of unbranched alkanes of at least 4 members (excludes halogenated alkanes) is 5. The van der Waals surface area contributed by atoms with Gasteiger partial charge in [0, 0.05) is 11.8 Å². The molecule has 0 unspecified atom stereocenters. The minimum Gasteiger partial charge on any atom is -0.355 e. The predicted octanol–water partition coefficient (Wildman–Crippen LogP) is 2.95. The maximum Gasteiger partial charge on any atom is 0.230 e. The third-order valence-electron chi connectivity index (χ3n) is 3.59. The maximum absolute atomic E-state index is 11.7. The Hall–Kier alpha value is -0.220. The van der Waals surface area contributed by atoms with Crippen LogP contribution in [0.15, 0.2) is 0 Å². The lowest BCUT2D eigenvalue weighted by Gasteiger charge is -2.21. The zero-order chi connectivity index (χ0) is 13.8. The molecule has 112 valence electrons. The first kappa shape index (κ1) is 16.8. The Kier molecular flexibility index (Phi) is 10.3. The monoisotopic (exact) mass is 286 g/mol. The standard InChI is InChI=1S/C15H30N2OS/c1-2-3-4-5-6-7-10-17-15(18)13-19-14-8-11-16-12-9-14/h14,16H,2-13H2,1H3,(H,17,18). The van der Waals surface area contributed by atoms with Crippen LogP contribution in [0.25, 0.3) is 0 Å². The molecule has 0 aliphatic carbocycles. The van der Waals surface area contributed by atoms with E-state index in [0.717, 1.165) is 26.1 Å². The van der Waals surface area contributed by atoms with Gasteiger partial charge in [0.25, 0.3) is 0 Å². The van der Waals surface area contributed by atoms with E-state index >= 15 is 0 Å². The van der Waals surface area contributed by atoms with Crippen LogP contribution in [0.3, 0.4) is 0 Å². The molecule has 0 aromatic heterocycles. The third kappa shape index (κ3) is 9.33. The lowest BCUT2D eigenvalue weighted by atomic mass is 10.1. The molecular formula is C15H30N2OS. The van der Waals surface area contributed by atoms with E-state index < -0.39 is 0 Å². The summed E-state index contributed by atoms with van der Waals surface area (Å²) in [7, 11) is 0. The van der Waals surface area contributed by atoms with Gasteiger partial charge in [0.1, 0.15) is 0 Å². The quantitative estimate of drug-likeness (QED) is 0.607. The molecule has 0 aromatic carbocycles. The van der Waals surface area contributed by atoms with E-state index in [-0.39, 0.29) is 5.91 Å². The van der Waals surface area contributed by atoms with Crippen molar-refractivity contribution in [3.63, 3.8) is 0 Å². The molecule has 19 heavy (non-hydrogen) atoms. The molecule has 3 nitrogen and oxygen atoms in total. The summed E-state index contributed by atoms with van der Waals surface area (Å²) >= 11 is 1.83. The number of hydrogen-bond acceptors (Lipinski definition) is 3. The van der Waals surface area contributed by atoms with Gasteiger partial charge in [-0.25, -0.2) is 0 Å². The number of carbonyl (C=O) groups is 1. The van der Waals surface area contributed by atoms with Crippen molar-refractivity contribution >= 4 is 17.7 Å². The number of rotatable bonds is 10. The van der Waals surface area contributed by atoms with Crippen molar-refractivity contribution in [2.24, 2.45) is 0 Å². The third-order valence-corrected chi connectivity index (χ3v) is 4.96. The van der Waals surface area contributed by atoms with Gasteiger partial charge in [0.2, 0.25) is 5.91 Å². The minimum atomic E-state index is 0.220. The van der Waals surface area contributed by atoms with Gasteiger partial charge in [-0.05, 0) is 32.4 Å². The summed E-state index contributed by atoms with van der Waals surface area (Å²) in [5.41, 5.74) is 0. The molecule has 1 saturated heterocycles. The van der Waals surface area contributed by atoms with Crippen molar-refractivity contribution < 1.29 is 4.79 Å². The van der Waals surface area contributed by atoms with Crippen LogP contribution in [-0.2, 0) is 4.79 Å². The molecule has 0 aromatic rings. The summed E-state index contributed by atoms with van der Waals surface area (Å²) in [6.45, 7) is 5.31. The van der Waals surface area contributed by atoms with Crippen molar-refractivity contribution in [2.45, 2.75) is 63.5 Å². The highest BCUT2D eigenvalue weighted by molar-refractivity contribution is 8.00. The number of amides is 1. The highest BCUT2D eigenvalue weighted by atomic mass is 32.2. The van der Waals surface area contributed by atoms with Crippen LogP contribution in [0.1, 0.15) is 58.3 Å². The summed E-state index contributed by atoms with van der Waals surface area (Å²) in [5, 5.41) is 7.07. The largest absolute Gasteiger partial charge is 0.355 e. The van der Waals surface area contributed by atoms with Gasteiger partial charge in [-0.3, -0.25) is 4.79 Å². The maximum atomic E-state index is 11.7. The SMILES string of the molecule is CCCCCCCCNC(=O)CSC1CCNCC1. The average molecular weight is 286 g/mol. The van der Waals surface area contributed by atoms with Gasteiger partial charge < -0.3 is 10.6 Å². The van der Waals surface area contributed by atoms with Crippen LogP contribution in [0, 0.1) is 0 Å². The van der Waals surface area contributed by atoms with Crippen LogP contribution in [0.2, 0.25) is 0 Å². The molecule has 0 saturated carbocycles. The number of hydrogen-bond donors (Lipinski definition) is 2. The zero-order valence-corrected chi connectivity index (χ0v) is 13.2. The lowest BCUT2D eigenvalue weighted by molar-refractivity contribution is -0.118. The van der Waals surface area contributed by atoms with E-state index in [9.17, 15) is 4.79 Å². The molecule has 1 aliphatic rings. The number of nitrogens with one attached hydrogen (secondary N) is 2. The molecule has 0 atom stereocenters. The van der Waals surface area contributed by atoms with Crippen LogP contribution in [0.5, 0.6) is 0 Å². The molecular weight excluding hydrogens is 256 g/mol. The Morgan fingerprint density at radius 2 is 1.84 bits per heavy atom. The second-order valence-corrected chi connectivity index (χ2v) is 6.67. The summed E-state index contributed by atoms with van der Waals surface area (Å²) in [6, 6.07) is 0. The molecule has 2 N–H and O–H groups in total. The second kappa shape index (κ2) is 11.6. The van der Waals surface area contributed by atoms with Crippen molar-refractivity contribution in [1.82, 2.24) is 10.6 Å². The Balaban J connectivity index is 1.87. The van der Waals surface area contributed by atoms with Crippen molar-refractivity contribution in [3.05, 3.63) is 0 Å². The van der Waals surface area contributed by atoms with Gasteiger partial charge in [0.15, 0.2) is 0 Å². The van der Waals surface area contributed by atoms with Crippen LogP contribution >= 0.6 is 11.8 Å². The summed E-state index contributed by atoms with van der Waals surface area (Å²) < 4.78 is 0. The zero-order valence-electron chi connectivity index (χ0n) is 12.4. The van der Waals surface area contributed by atoms with Gasteiger partial charge in [-0.15, -0.1) is 11.8 Å². The Morgan fingerprint density at radius 3 is 2.58 bits per heavy atom. The number of thioether (sulfide) groups is 1. The summed E-state index contributed by atoms with van der Waals surface area (Å²) in [6.07, 6.45) is 10.1. The Labute approximate surface area is 122 Å². The predicted molar refractivity (Wildman–Crippen MR) is 84.7 cm³/mol. The molecule has 1 fully saturated rings. The van der Waals surface area contributed by atoms with E-state index in [1.165, 1.54) is 44.9 Å². The van der Waals surface area contributed by atoms with Gasteiger partial charge in [0.05, 0.1) is 5.75 Å². The first-order valence-electron chi connectivity index (χ1n) is 7.92.